The van der Waals surface area contributed by atoms with Crippen molar-refractivity contribution < 1.29 is 32.7 Å². The van der Waals surface area contributed by atoms with Crippen molar-refractivity contribution in [1.82, 2.24) is 25.2 Å². The van der Waals surface area contributed by atoms with Gasteiger partial charge in [0.25, 0.3) is 5.91 Å². The second-order valence-electron chi connectivity index (χ2n) is 6.19. The molecule has 2 heterocycles. The van der Waals surface area contributed by atoms with Crippen LogP contribution in [-0.2, 0) is 13.2 Å². The van der Waals surface area contributed by atoms with Crippen molar-refractivity contribution in [3.63, 3.8) is 0 Å². The van der Waals surface area contributed by atoms with E-state index in [1.807, 2.05) is 0 Å². The normalized spacial score (nSPS) is 13.0. The highest BCUT2D eigenvalue weighted by molar-refractivity contribution is 5.92. The van der Waals surface area contributed by atoms with Crippen LogP contribution >= 0.6 is 0 Å². The number of benzene rings is 1. The molecule has 0 radical (unpaired) electrons. The molecular weight excluding hydrogens is 395 g/mol. The van der Waals surface area contributed by atoms with Gasteiger partial charge in [-0.15, -0.1) is 0 Å². The van der Waals surface area contributed by atoms with Gasteiger partial charge in [0, 0.05) is 24.2 Å². The lowest BCUT2D eigenvalue weighted by Crippen LogP contribution is -2.28. The Morgan fingerprint density at radius 2 is 2.00 bits per heavy atom. The van der Waals surface area contributed by atoms with Crippen LogP contribution in [-0.4, -0.2) is 36.0 Å². The van der Waals surface area contributed by atoms with Crippen LogP contribution in [0.3, 0.4) is 0 Å². The molecular formula is C17H16F3N5O4. The highest BCUT2D eigenvalue weighted by atomic mass is 19.4. The number of carbonyl (C=O) groups excluding carboxylic acids is 1. The van der Waals surface area contributed by atoms with Crippen LogP contribution in [0.5, 0.6) is 0 Å². The summed E-state index contributed by atoms with van der Waals surface area (Å²) in [6.07, 6.45) is -6.33. The molecule has 1 aromatic carbocycles. The average Bonchev–Trinajstić information content (AvgIpc) is 3.28. The molecule has 0 saturated carbocycles. The molecule has 0 aliphatic rings. The molecule has 0 spiro atoms. The molecule has 154 valence electrons. The lowest BCUT2D eigenvalue weighted by atomic mass is 10.1. The number of carbonyl (C=O) groups is 1. The number of halogens is 3. The summed E-state index contributed by atoms with van der Waals surface area (Å²) in [5.41, 5.74) is -0.783. The van der Waals surface area contributed by atoms with Crippen LogP contribution in [0.15, 0.2) is 34.9 Å². The van der Waals surface area contributed by atoms with Crippen LogP contribution in [0.4, 0.5) is 13.2 Å². The molecule has 0 aliphatic carbocycles. The number of aryl methyl sites for hydroxylation is 1. The number of nitrogens with one attached hydrogen (secondary N) is 1. The Hall–Kier alpha value is -3.25. The zero-order chi connectivity index (χ0) is 21.3. The number of aromatic nitrogens is 4. The van der Waals surface area contributed by atoms with Gasteiger partial charge in [-0.05, 0) is 13.0 Å². The minimum Gasteiger partial charge on any atom is -0.364 e. The molecule has 0 aliphatic heterocycles. The van der Waals surface area contributed by atoms with E-state index in [9.17, 15) is 28.2 Å². The highest BCUT2D eigenvalue weighted by Gasteiger charge is 2.35. The van der Waals surface area contributed by atoms with Crippen LogP contribution in [0.25, 0.3) is 11.4 Å². The molecule has 0 saturated heterocycles. The van der Waals surface area contributed by atoms with Crippen molar-refractivity contribution in [2.45, 2.75) is 25.4 Å². The van der Waals surface area contributed by atoms with Crippen LogP contribution in [0.2, 0.25) is 0 Å². The van der Waals surface area contributed by atoms with Crippen molar-refractivity contribution in [1.29, 1.82) is 0 Å². The fourth-order valence-corrected chi connectivity index (χ4v) is 2.52. The molecule has 3 aromatic rings. The lowest BCUT2D eigenvalue weighted by molar-refractivity contribution is -0.141. The summed E-state index contributed by atoms with van der Waals surface area (Å²) < 4.78 is 44.2. The number of aliphatic hydroxyl groups excluding tert-OH is 1. The first-order chi connectivity index (χ1) is 13.6. The molecule has 2 aromatic heterocycles. The first-order valence-corrected chi connectivity index (χ1v) is 8.28. The first-order valence-electron chi connectivity index (χ1n) is 8.28. The second kappa shape index (κ2) is 7.64. The average molecular weight is 411 g/mol. The number of rotatable bonds is 5. The number of hydrogen-bond acceptors (Lipinski definition) is 7. The Morgan fingerprint density at radius 1 is 1.28 bits per heavy atom. The van der Waals surface area contributed by atoms with Gasteiger partial charge in [-0.1, -0.05) is 23.4 Å². The number of amides is 1. The number of nitrogens with zero attached hydrogens (tertiary/aromatic N) is 4. The fourth-order valence-electron chi connectivity index (χ4n) is 2.52. The van der Waals surface area contributed by atoms with Gasteiger partial charge >= 0.3 is 6.18 Å². The van der Waals surface area contributed by atoms with Gasteiger partial charge in [-0.3, -0.25) is 9.48 Å². The largest absolute Gasteiger partial charge is 0.435 e. The van der Waals surface area contributed by atoms with Gasteiger partial charge in [0.1, 0.15) is 11.7 Å². The molecule has 29 heavy (non-hydrogen) atoms. The Balaban J connectivity index is 1.75. The van der Waals surface area contributed by atoms with Crippen molar-refractivity contribution >= 4 is 5.91 Å². The molecule has 9 nitrogen and oxygen atoms in total. The van der Waals surface area contributed by atoms with Crippen molar-refractivity contribution in [3.8, 4) is 11.4 Å². The summed E-state index contributed by atoms with van der Waals surface area (Å²) in [6, 6.07) is 5.99. The van der Waals surface area contributed by atoms with E-state index >= 15 is 0 Å². The van der Waals surface area contributed by atoms with Gasteiger partial charge in [-0.2, -0.15) is 23.3 Å². The number of aliphatic hydroxyl groups is 2. The maximum absolute atomic E-state index is 12.7. The number of hydrogen-bond donors (Lipinski definition) is 3. The summed E-state index contributed by atoms with van der Waals surface area (Å²) in [5, 5.41) is 28.0. The third-order valence-corrected chi connectivity index (χ3v) is 4.01. The first kappa shape index (κ1) is 20.5. The molecule has 0 bridgehead atoms. The molecule has 3 rings (SSSR count). The van der Waals surface area contributed by atoms with Gasteiger partial charge in [0.05, 0.1) is 0 Å². The van der Waals surface area contributed by atoms with Crippen molar-refractivity contribution in [2.75, 3.05) is 0 Å². The summed E-state index contributed by atoms with van der Waals surface area (Å²) in [4.78, 5) is 16.4. The summed E-state index contributed by atoms with van der Waals surface area (Å²) in [6.45, 7) is 1.52. The lowest BCUT2D eigenvalue weighted by Gasteiger charge is -2.09. The molecule has 3 N–H and O–H groups in total. The van der Waals surface area contributed by atoms with E-state index in [1.165, 1.54) is 26.1 Å². The van der Waals surface area contributed by atoms with Gasteiger partial charge < -0.3 is 20.1 Å². The summed E-state index contributed by atoms with van der Waals surface area (Å²) >= 11 is 0. The minimum atomic E-state index is -4.67. The molecule has 0 fully saturated rings. The third kappa shape index (κ3) is 4.43. The maximum Gasteiger partial charge on any atom is 0.435 e. The van der Waals surface area contributed by atoms with Gasteiger partial charge in [0.2, 0.25) is 11.7 Å². The smallest absolute Gasteiger partial charge is 0.364 e. The molecule has 1 amide bonds. The van der Waals surface area contributed by atoms with E-state index < -0.39 is 30.1 Å². The van der Waals surface area contributed by atoms with E-state index in [1.54, 1.807) is 12.1 Å². The Bertz CT molecular complexity index is 1030. The monoisotopic (exact) mass is 411 g/mol. The quantitative estimate of drug-likeness (QED) is 0.548. The Morgan fingerprint density at radius 3 is 2.62 bits per heavy atom. The number of alkyl halides is 3. The minimum absolute atomic E-state index is 0.0153. The van der Waals surface area contributed by atoms with E-state index in [0.29, 0.717) is 11.6 Å². The fraction of sp³-hybridized carbons (Fsp3) is 0.294. The zero-order valence-electron chi connectivity index (χ0n) is 15.2. The predicted octanol–water partition coefficient (Wildman–Crippen LogP) is 1.96. The Kier molecular flexibility index (Phi) is 5.40. The predicted molar refractivity (Wildman–Crippen MR) is 91.0 cm³/mol. The van der Waals surface area contributed by atoms with E-state index in [4.69, 9.17) is 4.52 Å². The molecule has 12 heteroatoms. The van der Waals surface area contributed by atoms with Gasteiger partial charge in [0.15, 0.2) is 12.0 Å². The van der Waals surface area contributed by atoms with Crippen LogP contribution in [0, 0.1) is 0 Å². The Labute approximate surface area is 161 Å². The van der Waals surface area contributed by atoms with E-state index in [0.717, 1.165) is 4.68 Å². The van der Waals surface area contributed by atoms with E-state index in [-0.39, 0.29) is 23.0 Å². The summed E-state index contributed by atoms with van der Waals surface area (Å²) in [7, 11) is 1.22. The van der Waals surface area contributed by atoms with Crippen molar-refractivity contribution in [2.24, 2.45) is 7.05 Å². The summed E-state index contributed by atoms with van der Waals surface area (Å²) in [5.74, 6) is -0.641. The third-order valence-electron chi connectivity index (χ3n) is 4.01. The second-order valence-corrected chi connectivity index (χ2v) is 6.19. The highest BCUT2D eigenvalue weighted by Crippen LogP contribution is 2.28. The molecule has 1 atom stereocenters. The van der Waals surface area contributed by atoms with Crippen LogP contribution in [0.1, 0.15) is 46.9 Å². The van der Waals surface area contributed by atoms with Gasteiger partial charge in [-0.25, -0.2) is 0 Å². The zero-order valence-corrected chi connectivity index (χ0v) is 15.2. The topological polar surface area (TPSA) is 126 Å². The maximum atomic E-state index is 12.7. The van der Waals surface area contributed by atoms with E-state index in [2.05, 4.69) is 20.6 Å². The SMILES string of the molecule is CC(NC(=O)c1cc(C(F)(F)F)nn1C)c1nc(-c2cccc(C(O)O)c2)no1. The van der Waals surface area contributed by atoms with Crippen molar-refractivity contribution in [3.05, 3.63) is 53.2 Å². The standard InChI is InChI=1S/C17H16F3N5O4/c1-8(21-14(26)11-7-12(17(18,19)20)23-25(11)2)15-22-13(24-29-15)9-4-3-5-10(6-9)16(27)28/h3-8,16,27-28H,1-2H3,(H,21,26). The molecule has 1 unspecified atom stereocenters. The van der Waals surface area contributed by atoms with Crippen LogP contribution < -0.4 is 5.32 Å².